The Balaban J connectivity index is 2.24. The monoisotopic (exact) mass is 280 g/mol. The highest BCUT2D eigenvalue weighted by Crippen LogP contribution is 2.27. The van der Waals surface area contributed by atoms with E-state index in [2.05, 4.69) is 0 Å². The first-order valence-electron chi connectivity index (χ1n) is 6.29. The number of hydrogen-bond donors (Lipinski definition) is 1. The largest absolute Gasteiger partial charge is 0.496 e. The number of carbonyl (C=O) groups is 1. The summed E-state index contributed by atoms with van der Waals surface area (Å²) in [4.78, 5) is 24.2. The van der Waals surface area contributed by atoms with Crippen molar-refractivity contribution in [3.63, 3.8) is 0 Å². The number of aliphatic hydroxyl groups excluding tert-OH is 1. The van der Waals surface area contributed by atoms with E-state index < -0.39 is 4.92 Å². The van der Waals surface area contributed by atoms with Crippen molar-refractivity contribution in [2.24, 2.45) is 5.92 Å². The Morgan fingerprint density at radius 2 is 2.35 bits per heavy atom. The predicted molar refractivity (Wildman–Crippen MR) is 70.7 cm³/mol. The molecule has 20 heavy (non-hydrogen) atoms. The minimum atomic E-state index is -0.533. The van der Waals surface area contributed by atoms with Crippen molar-refractivity contribution in [1.29, 1.82) is 0 Å². The molecule has 7 nitrogen and oxygen atoms in total. The molecule has 1 fully saturated rings. The fourth-order valence-corrected chi connectivity index (χ4v) is 2.31. The number of aliphatic hydroxyl groups is 1. The Morgan fingerprint density at radius 3 is 2.90 bits per heavy atom. The Hall–Kier alpha value is -2.15. The van der Waals surface area contributed by atoms with Gasteiger partial charge >= 0.3 is 0 Å². The highest BCUT2D eigenvalue weighted by molar-refractivity contribution is 5.97. The second kappa shape index (κ2) is 5.87. The Labute approximate surface area is 115 Å². The number of carbonyl (C=O) groups excluding carboxylic acids is 1. The molecule has 7 heteroatoms. The molecule has 1 amide bonds. The molecule has 1 heterocycles. The first-order valence-corrected chi connectivity index (χ1v) is 6.29. The quantitative estimate of drug-likeness (QED) is 0.657. The molecule has 1 atom stereocenters. The summed E-state index contributed by atoms with van der Waals surface area (Å²) < 4.78 is 5.07. The first kappa shape index (κ1) is 14.3. The summed E-state index contributed by atoms with van der Waals surface area (Å²) in [5, 5.41) is 19.8. The molecule has 2 rings (SSSR count). The average Bonchev–Trinajstić information content (AvgIpc) is 2.94. The van der Waals surface area contributed by atoms with Gasteiger partial charge in [-0.25, -0.2) is 0 Å². The standard InChI is InChI=1S/C13H16N2O5/c1-20-12-6-10(15(18)19)2-3-11(12)13(17)14-5-4-9(7-14)8-16/h2-3,6,9,16H,4-5,7-8H2,1H3. The van der Waals surface area contributed by atoms with Gasteiger partial charge in [-0.15, -0.1) is 0 Å². The normalized spacial score (nSPS) is 18.1. The smallest absolute Gasteiger partial charge is 0.273 e. The zero-order valence-corrected chi connectivity index (χ0v) is 11.1. The van der Waals surface area contributed by atoms with Gasteiger partial charge in [0.2, 0.25) is 0 Å². The number of hydrogen-bond acceptors (Lipinski definition) is 5. The second-order valence-electron chi connectivity index (χ2n) is 4.73. The fraction of sp³-hybridized carbons (Fsp3) is 0.462. The van der Waals surface area contributed by atoms with Crippen molar-refractivity contribution in [3.05, 3.63) is 33.9 Å². The van der Waals surface area contributed by atoms with Crippen LogP contribution in [-0.2, 0) is 0 Å². The number of nitro groups is 1. The van der Waals surface area contributed by atoms with E-state index in [-0.39, 0.29) is 29.9 Å². The van der Waals surface area contributed by atoms with Crippen LogP contribution >= 0.6 is 0 Å². The van der Waals surface area contributed by atoms with Crippen molar-refractivity contribution in [1.82, 2.24) is 4.90 Å². The van der Waals surface area contributed by atoms with E-state index in [1.165, 1.54) is 25.3 Å². The van der Waals surface area contributed by atoms with Gasteiger partial charge in [0.1, 0.15) is 5.75 Å². The minimum Gasteiger partial charge on any atom is -0.496 e. The highest BCUT2D eigenvalue weighted by Gasteiger charge is 2.28. The van der Waals surface area contributed by atoms with E-state index in [4.69, 9.17) is 9.84 Å². The van der Waals surface area contributed by atoms with Crippen LogP contribution in [0.2, 0.25) is 0 Å². The summed E-state index contributed by atoms with van der Waals surface area (Å²) in [6.07, 6.45) is 0.761. The summed E-state index contributed by atoms with van der Waals surface area (Å²) in [6.45, 7) is 1.13. The van der Waals surface area contributed by atoms with Crippen LogP contribution in [0.25, 0.3) is 0 Å². The maximum atomic E-state index is 12.4. The van der Waals surface area contributed by atoms with Crippen LogP contribution in [-0.4, -0.2) is 47.6 Å². The van der Waals surface area contributed by atoms with Gasteiger partial charge in [0.05, 0.1) is 23.7 Å². The molecule has 1 unspecified atom stereocenters. The third kappa shape index (κ3) is 2.72. The van der Waals surface area contributed by atoms with Gasteiger partial charge < -0.3 is 14.7 Å². The number of benzene rings is 1. The van der Waals surface area contributed by atoms with Crippen LogP contribution in [0.4, 0.5) is 5.69 Å². The van der Waals surface area contributed by atoms with Crippen molar-refractivity contribution < 1.29 is 19.6 Å². The summed E-state index contributed by atoms with van der Waals surface area (Å²) in [5.74, 6) is 0.0624. The van der Waals surface area contributed by atoms with Gasteiger partial charge in [-0.3, -0.25) is 14.9 Å². The number of methoxy groups -OCH3 is 1. The van der Waals surface area contributed by atoms with Gasteiger partial charge in [-0.05, 0) is 12.5 Å². The fourth-order valence-electron chi connectivity index (χ4n) is 2.31. The van der Waals surface area contributed by atoms with Crippen LogP contribution in [0.3, 0.4) is 0 Å². The molecule has 0 bridgehead atoms. The van der Waals surface area contributed by atoms with Crippen molar-refractivity contribution in [3.8, 4) is 5.75 Å². The molecule has 1 N–H and O–H groups in total. The molecule has 1 aliphatic heterocycles. The number of nitro benzene ring substituents is 1. The van der Waals surface area contributed by atoms with E-state index in [1.54, 1.807) is 4.90 Å². The lowest BCUT2D eigenvalue weighted by molar-refractivity contribution is -0.384. The van der Waals surface area contributed by atoms with E-state index in [0.29, 0.717) is 18.7 Å². The SMILES string of the molecule is COc1cc([N+](=O)[O-])ccc1C(=O)N1CCC(CO)C1. The Bertz CT molecular complexity index is 531. The van der Waals surface area contributed by atoms with E-state index >= 15 is 0 Å². The van der Waals surface area contributed by atoms with Gasteiger partial charge in [0.25, 0.3) is 11.6 Å². The lowest BCUT2D eigenvalue weighted by Crippen LogP contribution is -2.29. The third-order valence-electron chi connectivity index (χ3n) is 3.46. The number of nitrogens with zero attached hydrogens (tertiary/aromatic N) is 2. The minimum absolute atomic E-state index is 0.0567. The second-order valence-corrected chi connectivity index (χ2v) is 4.73. The van der Waals surface area contributed by atoms with Crippen LogP contribution in [0.5, 0.6) is 5.75 Å². The summed E-state index contributed by atoms with van der Waals surface area (Å²) in [5.41, 5.74) is 0.185. The zero-order chi connectivity index (χ0) is 14.7. The van der Waals surface area contributed by atoms with Crippen LogP contribution in [0.1, 0.15) is 16.8 Å². The summed E-state index contributed by atoms with van der Waals surface area (Å²) in [6, 6.07) is 3.94. The number of non-ortho nitro benzene ring substituents is 1. The summed E-state index contributed by atoms with van der Waals surface area (Å²) in [7, 11) is 1.37. The third-order valence-corrected chi connectivity index (χ3v) is 3.46. The molecule has 0 aliphatic carbocycles. The number of ether oxygens (including phenoxy) is 1. The molecule has 1 aromatic rings. The lowest BCUT2D eigenvalue weighted by Gasteiger charge is -2.17. The highest BCUT2D eigenvalue weighted by atomic mass is 16.6. The van der Waals surface area contributed by atoms with E-state index in [1.807, 2.05) is 0 Å². The van der Waals surface area contributed by atoms with E-state index in [0.717, 1.165) is 6.42 Å². The Morgan fingerprint density at radius 1 is 1.60 bits per heavy atom. The van der Waals surface area contributed by atoms with Crippen molar-refractivity contribution in [2.75, 3.05) is 26.8 Å². The predicted octanol–water partition coefficient (Wildman–Crippen LogP) is 1.06. The summed E-state index contributed by atoms with van der Waals surface area (Å²) >= 11 is 0. The topological polar surface area (TPSA) is 92.9 Å². The molecule has 0 radical (unpaired) electrons. The molecule has 1 saturated heterocycles. The van der Waals surface area contributed by atoms with Crippen LogP contribution in [0.15, 0.2) is 18.2 Å². The Kier molecular flexibility index (Phi) is 4.19. The zero-order valence-electron chi connectivity index (χ0n) is 11.1. The van der Waals surface area contributed by atoms with Crippen molar-refractivity contribution in [2.45, 2.75) is 6.42 Å². The molecule has 1 aliphatic rings. The van der Waals surface area contributed by atoms with Gasteiger partial charge in [0, 0.05) is 31.7 Å². The van der Waals surface area contributed by atoms with Gasteiger partial charge in [0.15, 0.2) is 0 Å². The molecular formula is C13H16N2O5. The van der Waals surface area contributed by atoms with Crippen LogP contribution < -0.4 is 4.74 Å². The first-order chi connectivity index (χ1) is 9.56. The van der Waals surface area contributed by atoms with Crippen LogP contribution in [0, 0.1) is 16.0 Å². The molecular weight excluding hydrogens is 264 g/mol. The number of likely N-dealkylation sites (tertiary alicyclic amines) is 1. The molecule has 0 spiro atoms. The van der Waals surface area contributed by atoms with Crippen molar-refractivity contribution >= 4 is 11.6 Å². The lowest BCUT2D eigenvalue weighted by atomic mass is 10.1. The average molecular weight is 280 g/mol. The maximum absolute atomic E-state index is 12.4. The van der Waals surface area contributed by atoms with Gasteiger partial charge in [-0.1, -0.05) is 0 Å². The number of rotatable bonds is 4. The maximum Gasteiger partial charge on any atom is 0.273 e. The number of amides is 1. The molecule has 0 aromatic heterocycles. The molecule has 0 saturated carbocycles. The molecule has 108 valence electrons. The molecule has 1 aromatic carbocycles. The van der Waals surface area contributed by atoms with E-state index in [9.17, 15) is 14.9 Å². The van der Waals surface area contributed by atoms with Gasteiger partial charge in [-0.2, -0.15) is 0 Å².